The first-order valence-corrected chi connectivity index (χ1v) is 7.03. The highest BCUT2D eigenvalue weighted by molar-refractivity contribution is 5.88. The summed E-state index contributed by atoms with van der Waals surface area (Å²) >= 11 is 0. The second-order valence-corrected chi connectivity index (χ2v) is 5.24. The molecule has 2 aliphatic heterocycles. The van der Waals surface area contributed by atoms with Crippen molar-refractivity contribution in [2.24, 2.45) is 0 Å². The van der Waals surface area contributed by atoms with Gasteiger partial charge in [0.15, 0.2) is 0 Å². The minimum absolute atomic E-state index is 0.00706. The van der Waals surface area contributed by atoms with E-state index in [0.29, 0.717) is 19.4 Å². The van der Waals surface area contributed by atoms with Crippen molar-refractivity contribution in [3.05, 3.63) is 0 Å². The highest BCUT2D eigenvalue weighted by atomic mass is 16.5. The van der Waals surface area contributed by atoms with Crippen LogP contribution in [-0.2, 0) is 14.3 Å². The number of nitrogens with one attached hydrogen (secondary N) is 2. The zero-order valence-electron chi connectivity index (χ0n) is 11.5. The Morgan fingerprint density at radius 3 is 2.79 bits per heavy atom. The Morgan fingerprint density at radius 1 is 1.42 bits per heavy atom. The molecule has 2 aliphatic rings. The fourth-order valence-corrected chi connectivity index (χ4v) is 2.50. The molecule has 2 fully saturated rings. The van der Waals surface area contributed by atoms with Gasteiger partial charge in [-0.25, -0.2) is 0 Å². The van der Waals surface area contributed by atoms with Crippen LogP contribution in [0.3, 0.4) is 0 Å². The van der Waals surface area contributed by atoms with Crippen molar-refractivity contribution in [1.29, 1.82) is 0 Å². The topological polar surface area (TPSA) is 70.7 Å². The molecule has 2 heterocycles. The average Bonchev–Trinajstić information content (AvgIpc) is 2.72. The number of carbonyl (C=O) groups excluding carboxylic acids is 2. The van der Waals surface area contributed by atoms with Crippen molar-refractivity contribution in [3.63, 3.8) is 0 Å². The first-order valence-electron chi connectivity index (χ1n) is 7.03. The van der Waals surface area contributed by atoms with Gasteiger partial charge in [0.1, 0.15) is 6.04 Å². The maximum Gasteiger partial charge on any atom is 0.244 e. The van der Waals surface area contributed by atoms with Gasteiger partial charge in [-0.3, -0.25) is 9.59 Å². The molecule has 1 atom stereocenters. The van der Waals surface area contributed by atoms with Gasteiger partial charge in [-0.1, -0.05) is 0 Å². The lowest BCUT2D eigenvalue weighted by Gasteiger charge is -2.22. The summed E-state index contributed by atoms with van der Waals surface area (Å²) in [6.07, 6.45) is 3.32. The van der Waals surface area contributed by atoms with Gasteiger partial charge in [-0.2, -0.15) is 0 Å². The Kier molecular flexibility index (Phi) is 5.15. The molecule has 0 spiro atoms. The molecule has 0 radical (unpaired) electrons. The highest BCUT2D eigenvalue weighted by Crippen LogP contribution is 2.09. The SMILES string of the molecule is CN1CCC(NC(=O)CCOC2CCNCC2)C1=O. The zero-order valence-corrected chi connectivity index (χ0v) is 11.5. The molecule has 1 unspecified atom stereocenters. The first-order chi connectivity index (χ1) is 9.16. The summed E-state index contributed by atoms with van der Waals surface area (Å²) in [6, 6.07) is -0.337. The lowest BCUT2D eigenvalue weighted by molar-refractivity contribution is -0.132. The van der Waals surface area contributed by atoms with Gasteiger partial charge in [-0.15, -0.1) is 0 Å². The molecule has 2 rings (SSSR count). The Hall–Kier alpha value is -1.14. The zero-order chi connectivity index (χ0) is 13.7. The van der Waals surface area contributed by atoms with E-state index in [1.54, 1.807) is 11.9 Å². The van der Waals surface area contributed by atoms with Crippen LogP contribution in [0.4, 0.5) is 0 Å². The van der Waals surface area contributed by atoms with Gasteiger partial charge >= 0.3 is 0 Å². The molecule has 2 amide bonds. The summed E-state index contributed by atoms with van der Waals surface area (Å²) in [7, 11) is 1.76. The Balaban J connectivity index is 1.60. The lowest BCUT2D eigenvalue weighted by atomic mass is 10.1. The van der Waals surface area contributed by atoms with Crippen LogP contribution in [-0.4, -0.2) is 62.1 Å². The smallest absolute Gasteiger partial charge is 0.244 e. The van der Waals surface area contributed by atoms with Crippen LogP contribution in [0.5, 0.6) is 0 Å². The van der Waals surface area contributed by atoms with Crippen molar-refractivity contribution in [3.8, 4) is 0 Å². The number of hydrogen-bond acceptors (Lipinski definition) is 4. The second kappa shape index (κ2) is 6.86. The molecule has 0 aliphatic carbocycles. The van der Waals surface area contributed by atoms with Gasteiger partial charge < -0.3 is 20.3 Å². The average molecular weight is 269 g/mol. The number of carbonyl (C=O) groups is 2. The largest absolute Gasteiger partial charge is 0.378 e. The molecule has 2 N–H and O–H groups in total. The summed E-state index contributed by atoms with van der Waals surface area (Å²) in [6.45, 7) is 3.13. The van der Waals surface area contributed by atoms with E-state index in [1.807, 2.05) is 0 Å². The summed E-state index contributed by atoms with van der Waals surface area (Å²) in [4.78, 5) is 25.0. The number of nitrogens with zero attached hydrogens (tertiary/aromatic N) is 1. The maximum absolute atomic E-state index is 11.7. The third-order valence-electron chi connectivity index (χ3n) is 3.73. The third-order valence-corrected chi connectivity index (χ3v) is 3.73. The summed E-state index contributed by atoms with van der Waals surface area (Å²) in [5.74, 6) is -0.0878. The fraction of sp³-hybridized carbons (Fsp3) is 0.846. The van der Waals surface area contributed by atoms with E-state index >= 15 is 0 Å². The van der Waals surface area contributed by atoms with Crippen LogP contribution >= 0.6 is 0 Å². The van der Waals surface area contributed by atoms with Gasteiger partial charge in [0, 0.05) is 20.0 Å². The van der Waals surface area contributed by atoms with Crippen LogP contribution in [0, 0.1) is 0 Å². The second-order valence-electron chi connectivity index (χ2n) is 5.24. The number of piperidine rings is 1. The molecule has 108 valence electrons. The van der Waals surface area contributed by atoms with Crippen LogP contribution < -0.4 is 10.6 Å². The number of ether oxygens (including phenoxy) is 1. The van der Waals surface area contributed by atoms with Crippen molar-refractivity contribution in [2.45, 2.75) is 37.8 Å². The van der Waals surface area contributed by atoms with E-state index in [0.717, 1.165) is 32.5 Å². The minimum atomic E-state index is -0.337. The molecule has 6 nitrogen and oxygen atoms in total. The number of rotatable bonds is 5. The lowest BCUT2D eigenvalue weighted by Crippen LogP contribution is -2.41. The van der Waals surface area contributed by atoms with E-state index in [-0.39, 0.29) is 24.0 Å². The van der Waals surface area contributed by atoms with Gasteiger partial charge in [0.05, 0.1) is 12.7 Å². The molecule has 0 bridgehead atoms. The Morgan fingerprint density at radius 2 is 2.16 bits per heavy atom. The minimum Gasteiger partial charge on any atom is -0.378 e. The molecule has 0 aromatic heterocycles. The van der Waals surface area contributed by atoms with Crippen molar-refractivity contribution in [2.75, 3.05) is 33.3 Å². The van der Waals surface area contributed by atoms with E-state index in [9.17, 15) is 9.59 Å². The molecule has 0 aromatic carbocycles. The molecule has 0 saturated carbocycles. The monoisotopic (exact) mass is 269 g/mol. The van der Waals surface area contributed by atoms with Crippen molar-refractivity contribution >= 4 is 11.8 Å². The molecule has 6 heteroatoms. The number of amides is 2. The van der Waals surface area contributed by atoms with E-state index in [4.69, 9.17) is 4.74 Å². The fourth-order valence-electron chi connectivity index (χ4n) is 2.50. The predicted molar refractivity (Wildman–Crippen MR) is 70.6 cm³/mol. The predicted octanol–water partition coefficient (Wildman–Crippen LogP) is -0.508. The molecule has 2 saturated heterocycles. The van der Waals surface area contributed by atoms with E-state index in [1.165, 1.54) is 0 Å². The van der Waals surface area contributed by atoms with Crippen LogP contribution in [0.25, 0.3) is 0 Å². The summed E-state index contributed by atoms with van der Waals surface area (Å²) < 4.78 is 5.67. The Bertz CT molecular complexity index is 329. The van der Waals surface area contributed by atoms with Gasteiger partial charge in [0.2, 0.25) is 11.8 Å². The van der Waals surface area contributed by atoms with Crippen molar-refractivity contribution in [1.82, 2.24) is 15.5 Å². The standard InChI is InChI=1S/C13H23N3O3/c1-16-8-4-11(13(16)18)15-12(17)5-9-19-10-2-6-14-7-3-10/h10-11,14H,2-9H2,1H3,(H,15,17). The van der Waals surface area contributed by atoms with Crippen molar-refractivity contribution < 1.29 is 14.3 Å². The Labute approximate surface area is 113 Å². The molecular weight excluding hydrogens is 246 g/mol. The summed E-state index contributed by atoms with van der Waals surface area (Å²) in [5, 5.41) is 6.04. The van der Waals surface area contributed by atoms with Crippen LogP contribution in [0.15, 0.2) is 0 Å². The highest BCUT2D eigenvalue weighted by Gasteiger charge is 2.29. The van der Waals surface area contributed by atoms with E-state index < -0.39 is 0 Å². The first kappa shape index (κ1) is 14.3. The quantitative estimate of drug-likeness (QED) is 0.705. The molecular formula is C13H23N3O3. The maximum atomic E-state index is 11.7. The van der Waals surface area contributed by atoms with Gasteiger partial charge in [0.25, 0.3) is 0 Å². The van der Waals surface area contributed by atoms with Crippen LogP contribution in [0.1, 0.15) is 25.7 Å². The molecule has 0 aromatic rings. The number of likely N-dealkylation sites (N-methyl/N-ethyl adjacent to an activating group) is 1. The van der Waals surface area contributed by atoms with Gasteiger partial charge in [-0.05, 0) is 32.4 Å². The normalized spacial score (nSPS) is 24.8. The third kappa shape index (κ3) is 4.18. The number of hydrogen-bond donors (Lipinski definition) is 2. The van der Waals surface area contributed by atoms with Crippen LogP contribution in [0.2, 0.25) is 0 Å². The van der Waals surface area contributed by atoms with E-state index in [2.05, 4.69) is 10.6 Å². The molecule has 19 heavy (non-hydrogen) atoms. The summed E-state index contributed by atoms with van der Waals surface area (Å²) in [5.41, 5.74) is 0. The number of likely N-dealkylation sites (tertiary alicyclic amines) is 1.